The van der Waals surface area contributed by atoms with Crippen LogP contribution in [0.25, 0.3) is 11.1 Å². The third-order valence-electron chi connectivity index (χ3n) is 4.95. The van der Waals surface area contributed by atoms with Crippen LogP contribution in [-0.4, -0.2) is 6.11 Å². The van der Waals surface area contributed by atoms with Gasteiger partial charge in [0, 0.05) is 17.7 Å². The van der Waals surface area contributed by atoms with Gasteiger partial charge in [0.05, 0.1) is 6.08 Å². The van der Waals surface area contributed by atoms with Crippen molar-refractivity contribution in [1.29, 1.82) is 0 Å². The fraction of sp³-hybridized carbons (Fsp3) is 0.200. The predicted octanol–water partition coefficient (Wildman–Crippen LogP) is 8.88. The minimum absolute atomic E-state index is 0.102. The fourth-order valence-corrected chi connectivity index (χ4v) is 3.43. The number of rotatable bonds is 9. The van der Waals surface area contributed by atoms with Gasteiger partial charge in [-0.15, -0.1) is 0 Å². The van der Waals surface area contributed by atoms with Crippen LogP contribution in [0.3, 0.4) is 0 Å². The van der Waals surface area contributed by atoms with Crippen LogP contribution in [0.15, 0.2) is 54.6 Å². The van der Waals surface area contributed by atoms with E-state index in [2.05, 4.69) is 9.47 Å². The fourth-order valence-electron chi connectivity index (χ4n) is 3.43. The van der Waals surface area contributed by atoms with Crippen LogP contribution in [0.5, 0.6) is 11.5 Å². The Morgan fingerprint density at radius 3 is 1.84 bits per heavy atom. The van der Waals surface area contributed by atoms with E-state index < -0.39 is 76.1 Å². The van der Waals surface area contributed by atoms with Crippen molar-refractivity contribution in [3.8, 4) is 22.6 Å². The molecule has 3 rings (SSSR count). The summed E-state index contributed by atoms with van der Waals surface area (Å²) in [6.07, 6.45) is -12.6. The second-order valence-electron chi connectivity index (χ2n) is 7.81. The molecule has 13 heteroatoms. The maximum Gasteiger partial charge on any atom is 0.432 e. The zero-order valence-electron chi connectivity index (χ0n) is 19.0. The Morgan fingerprint density at radius 1 is 0.763 bits per heavy atom. The molecule has 0 saturated heterocycles. The summed E-state index contributed by atoms with van der Waals surface area (Å²) in [5.41, 5.74) is -2.13. The topological polar surface area (TPSA) is 18.5 Å². The van der Waals surface area contributed by atoms with Crippen molar-refractivity contribution in [2.24, 2.45) is 0 Å². The smallest absolute Gasteiger partial charge is 0.429 e. The highest BCUT2D eigenvalue weighted by atomic mass is 19.3. The number of hydrogen-bond acceptors (Lipinski definition) is 2. The lowest BCUT2D eigenvalue weighted by Gasteiger charge is -2.21. The van der Waals surface area contributed by atoms with Crippen molar-refractivity contribution in [2.45, 2.75) is 32.0 Å². The first-order chi connectivity index (χ1) is 17.6. The molecule has 0 amide bonds. The zero-order chi connectivity index (χ0) is 28.4. The first-order valence-electron chi connectivity index (χ1n) is 10.6. The largest absolute Gasteiger partial charge is 0.432 e. The van der Waals surface area contributed by atoms with Gasteiger partial charge >= 0.3 is 12.2 Å². The van der Waals surface area contributed by atoms with Gasteiger partial charge in [0.1, 0.15) is 28.8 Å². The third kappa shape index (κ3) is 6.56. The minimum atomic E-state index is -4.92. The first-order valence-corrected chi connectivity index (χ1v) is 10.6. The zero-order valence-corrected chi connectivity index (χ0v) is 19.0. The van der Waals surface area contributed by atoms with Gasteiger partial charge in [0.2, 0.25) is 0 Å². The van der Waals surface area contributed by atoms with Crippen LogP contribution < -0.4 is 9.47 Å². The normalized spacial score (nSPS) is 11.9. The SMILES string of the molecule is CCCc1ccc(-c2cc(F)c(C(F)(F)Oc3cc(F)c(OC(F)(F)C=C(F)F)c(F)c3)c(F)c2)c(F)c1. The molecule has 0 aromatic heterocycles. The molecule has 0 atom stereocenters. The molecular weight excluding hydrogens is 541 g/mol. The average molecular weight is 556 g/mol. The van der Waals surface area contributed by atoms with Gasteiger partial charge in [-0.1, -0.05) is 25.5 Å². The van der Waals surface area contributed by atoms with Gasteiger partial charge in [-0.2, -0.15) is 26.3 Å². The Kier molecular flexibility index (Phi) is 8.27. The van der Waals surface area contributed by atoms with Crippen LogP contribution in [0.4, 0.5) is 48.3 Å². The van der Waals surface area contributed by atoms with Crippen molar-refractivity contribution in [1.82, 2.24) is 0 Å². The van der Waals surface area contributed by atoms with E-state index in [1.165, 1.54) is 12.1 Å². The number of halogens is 11. The lowest BCUT2D eigenvalue weighted by molar-refractivity contribution is -0.189. The molecule has 0 heterocycles. The van der Waals surface area contributed by atoms with E-state index in [-0.39, 0.29) is 17.7 Å². The summed E-state index contributed by atoms with van der Waals surface area (Å²) >= 11 is 0. The Balaban J connectivity index is 1.92. The Morgan fingerprint density at radius 2 is 1.34 bits per heavy atom. The van der Waals surface area contributed by atoms with E-state index in [4.69, 9.17) is 0 Å². The van der Waals surface area contributed by atoms with Crippen molar-refractivity contribution in [2.75, 3.05) is 0 Å². The molecule has 2 nitrogen and oxygen atoms in total. The van der Waals surface area contributed by atoms with Crippen molar-refractivity contribution in [3.05, 3.63) is 94.8 Å². The molecule has 0 unspecified atom stereocenters. The third-order valence-corrected chi connectivity index (χ3v) is 4.95. The molecule has 38 heavy (non-hydrogen) atoms. The van der Waals surface area contributed by atoms with Crippen LogP contribution in [0.2, 0.25) is 0 Å². The van der Waals surface area contributed by atoms with E-state index in [1.807, 2.05) is 6.92 Å². The molecule has 0 fully saturated rings. The molecule has 0 bridgehead atoms. The van der Waals surface area contributed by atoms with Crippen molar-refractivity contribution >= 4 is 0 Å². The Hall–Kier alpha value is -3.77. The molecule has 3 aromatic carbocycles. The van der Waals surface area contributed by atoms with Gasteiger partial charge in [0.25, 0.3) is 6.08 Å². The molecule has 0 N–H and O–H groups in total. The standard InChI is InChI=1S/C25H15F11O2/c1-2-3-12-4-5-15(16(26)6-12)13-7-17(27)22(18(28)8-13)25(35,36)37-14-9-19(29)23(20(30)10-14)38-24(33,34)11-21(31)32/h4-11H,2-3H2,1H3. The van der Waals surface area contributed by atoms with E-state index in [9.17, 15) is 48.3 Å². The molecule has 0 aliphatic carbocycles. The number of ether oxygens (including phenoxy) is 2. The summed E-state index contributed by atoms with van der Waals surface area (Å²) in [7, 11) is 0. The molecule has 3 aromatic rings. The second kappa shape index (κ2) is 10.9. The number of alkyl halides is 4. The van der Waals surface area contributed by atoms with Gasteiger partial charge in [-0.25, -0.2) is 22.0 Å². The second-order valence-corrected chi connectivity index (χ2v) is 7.81. The summed E-state index contributed by atoms with van der Waals surface area (Å²) < 4.78 is 159. The number of hydrogen-bond donors (Lipinski definition) is 0. The molecule has 0 radical (unpaired) electrons. The number of benzene rings is 3. The van der Waals surface area contributed by atoms with Crippen LogP contribution >= 0.6 is 0 Å². The van der Waals surface area contributed by atoms with Gasteiger partial charge in [0.15, 0.2) is 17.4 Å². The van der Waals surface area contributed by atoms with Gasteiger partial charge in [-0.3, -0.25) is 0 Å². The summed E-state index contributed by atoms with van der Waals surface area (Å²) in [6.45, 7) is 1.84. The lowest BCUT2D eigenvalue weighted by Crippen LogP contribution is -2.26. The summed E-state index contributed by atoms with van der Waals surface area (Å²) in [4.78, 5) is 0. The summed E-state index contributed by atoms with van der Waals surface area (Å²) in [6, 6.07) is 4.40. The highest BCUT2D eigenvalue weighted by molar-refractivity contribution is 5.65. The summed E-state index contributed by atoms with van der Waals surface area (Å²) in [5, 5.41) is 0. The monoisotopic (exact) mass is 556 g/mol. The molecule has 204 valence electrons. The quantitative estimate of drug-likeness (QED) is 0.245. The average Bonchev–Trinajstić information content (AvgIpc) is 2.74. The highest BCUT2D eigenvalue weighted by Gasteiger charge is 2.42. The van der Waals surface area contributed by atoms with E-state index in [0.717, 1.165) is 6.07 Å². The van der Waals surface area contributed by atoms with Crippen molar-refractivity contribution < 1.29 is 57.8 Å². The summed E-state index contributed by atoms with van der Waals surface area (Å²) in [5.74, 6) is -12.2. The minimum Gasteiger partial charge on any atom is -0.429 e. The van der Waals surface area contributed by atoms with Gasteiger partial charge < -0.3 is 9.47 Å². The van der Waals surface area contributed by atoms with Crippen molar-refractivity contribution in [3.63, 3.8) is 0 Å². The first kappa shape index (κ1) is 28.8. The maximum atomic E-state index is 14.6. The van der Waals surface area contributed by atoms with Gasteiger partial charge in [-0.05, 0) is 35.7 Å². The predicted molar refractivity (Wildman–Crippen MR) is 113 cm³/mol. The van der Waals surface area contributed by atoms with E-state index in [1.54, 1.807) is 0 Å². The molecule has 0 aliphatic rings. The van der Waals surface area contributed by atoms with E-state index in [0.29, 0.717) is 30.5 Å². The molecular formula is C25H15F11O2. The van der Waals surface area contributed by atoms with Crippen LogP contribution in [0.1, 0.15) is 24.5 Å². The highest BCUT2D eigenvalue weighted by Crippen LogP contribution is 2.39. The lowest BCUT2D eigenvalue weighted by atomic mass is 9.99. The maximum absolute atomic E-state index is 14.6. The molecule has 0 spiro atoms. The molecule has 0 aliphatic heterocycles. The van der Waals surface area contributed by atoms with Crippen LogP contribution in [-0.2, 0) is 12.5 Å². The number of aryl methyl sites for hydroxylation is 1. The van der Waals surface area contributed by atoms with Crippen LogP contribution in [0, 0.1) is 29.1 Å². The Bertz CT molecular complexity index is 1320. The Labute approximate surface area is 207 Å². The van der Waals surface area contributed by atoms with E-state index >= 15 is 0 Å². The molecule has 0 saturated carbocycles.